The van der Waals surface area contributed by atoms with Gasteiger partial charge in [0.05, 0.1) is 0 Å². The van der Waals surface area contributed by atoms with E-state index in [4.69, 9.17) is 43.6 Å². The first-order valence-electron chi connectivity index (χ1n) is 9.69. The number of nitrogens with zero attached hydrogens (tertiary/aromatic N) is 1. The third kappa shape index (κ3) is 10.1. The van der Waals surface area contributed by atoms with Gasteiger partial charge in [0.15, 0.2) is 12.2 Å². The summed E-state index contributed by atoms with van der Waals surface area (Å²) in [4.78, 5) is 22.1. The van der Waals surface area contributed by atoms with Crippen LogP contribution in [0.1, 0.15) is 25.8 Å². The van der Waals surface area contributed by atoms with E-state index in [0.29, 0.717) is 5.92 Å². The molecule has 10 heteroatoms. The van der Waals surface area contributed by atoms with E-state index in [1.54, 1.807) is 6.07 Å². The lowest BCUT2D eigenvalue weighted by Crippen LogP contribution is -2.39. The van der Waals surface area contributed by atoms with Crippen LogP contribution in [0.3, 0.4) is 0 Å². The van der Waals surface area contributed by atoms with Gasteiger partial charge in [0.2, 0.25) is 0 Å². The number of halogens is 2. The van der Waals surface area contributed by atoms with Crippen molar-refractivity contribution in [3.8, 4) is 0 Å². The van der Waals surface area contributed by atoms with Crippen molar-refractivity contribution in [1.82, 2.24) is 10.2 Å². The van der Waals surface area contributed by atoms with Crippen LogP contribution in [0.2, 0.25) is 10.0 Å². The summed E-state index contributed by atoms with van der Waals surface area (Å²) in [6, 6.07) is 5.83. The third-order valence-corrected chi connectivity index (χ3v) is 4.87. The largest absolute Gasteiger partial charge is 0.479 e. The zero-order valence-corrected chi connectivity index (χ0v) is 18.6. The molecule has 0 saturated carbocycles. The molecule has 0 aromatic heterocycles. The van der Waals surface area contributed by atoms with Crippen LogP contribution in [0.25, 0.3) is 0 Å². The quantitative estimate of drug-likeness (QED) is 0.374. The second kappa shape index (κ2) is 13.1. The number of carboxylic acids is 2. The molecule has 1 aliphatic heterocycles. The van der Waals surface area contributed by atoms with E-state index in [-0.39, 0.29) is 0 Å². The summed E-state index contributed by atoms with van der Waals surface area (Å²) in [5.41, 5.74) is 1.20. The minimum Gasteiger partial charge on any atom is -0.479 e. The zero-order valence-electron chi connectivity index (χ0n) is 17.1. The van der Waals surface area contributed by atoms with Gasteiger partial charge in [0.25, 0.3) is 0 Å². The van der Waals surface area contributed by atoms with Crippen LogP contribution < -0.4 is 5.32 Å². The Kier molecular flexibility index (Phi) is 11.6. The minimum atomic E-state index is -2.27. The smallest absolute Gasteiger partial charge is 0.335 e. The SMILES string of the molecule is CC(C)CN(Cc1cc(Cl)cc(Cl)c1)C[C@H]1CCNC1.O=C(O)[C@H](O)[C@@H](O)C(=O)O. The molecule has 1 heterocycles. The second-order valence-corrected chi connectivity index (χ2v) is 8.66. The topological polar surface area (TPSA) is 130 Å². The predicted octanol–water partition coefficient (Wildman–Crippen LogP) is 1.94. The Labute approximate surface area is 186 Å². The van der Waals surface area contributed by atoms with Gasteiger partial charge >= 0.3 is 11.9 Å². The van der Waals surface area contributed by atoms with E-state index in [1.807, 2.05) is 12.1 Å². The molecule has 30 heavy (non-hydrogen) atoms. The summed E-state index contributed by atoms with van der Waals surface area (Å²) in [5.74, 6) is -2.10. The molecule has 0 amide bonds. The number of rotatable bonds is 9. The van der Waals surface area contributed by atoms with Crippen LogP contribution in [0.5, 0.6) is 0 Å². The molecule has 0 bridgehead atoms. The molecule has 5 N–H and O–H groups in total. The summed E-state index contributed by atoms with van der Waals surface area (Å²) in [7, 11) is 0. The Bertz CT molecular complexity index is 660. The van der Waals surface area contributed by atoms with E-state index in [9.17, 15) is 9.59 Å². The van der Waals surface area contributed by atoms with E-state index < -0.39 is 24.1 Å². The van der Waals surface area contributed by atoms with Crippen LogP contribution in [0.4, 0.5) is 0 Å². The number of aliphatic hydroxyl groups excluding tert-OH is 2. The van der Waals surface area contributed by atoms with Crippen LogP contribution in [-0.2, 0) is 16.1 Å². The van der Waals surface area contributed by atoms with Crippen molar-refractivity contribution >= 4 is 35.1 Å². The molecule has 170 valence electrons. The highest BCUT2D eigenvalue weighted by molar-refractivity contribution is 6.34. The summed E-state index contributed by atoms with van der Waals surface area (Å²) >= 11 is 12.2. The molecule has 1 aromatic rings. The molecular weight excluding hydrogens is 435 g/mol. The second-order valence-electron chi connectivity index (χ2n) is 7.79. The van der Waals surface area contributed by atoms with Gasteiger partial charge in [-0.05, 0) is 55.1 Å². The highest BCUT2D eigenvalue weighted by Gasteiger charge is 2.29. The first-order chi connectivity index (χ1) is 14.0. The van der Waals surface area contributed by atoms with Crippen LogP contribution >= 0.6 is 23.2 Å². The Morgan fingerprint density at radius 2 is 1.63 bits per heavy atom. The van der Waals surface area contributed by atoms with Crippen molar-refractivity contribution in [2.45, 2.75) is 39.0 Å². The first-order valence-corrected chi connectivity index (χ1v) is 10.4. The molecule has 0 spiro atoms. The number of hydrogen-bond donors (Lipinski definition) is 5. The van der Waals surface area contributed by atoms with Crippen LogP contribution in [0.15, 0.2) is 18.2 Å². The number of carboxylic acid groups (broad SMARTS) is 2. The van der Waals surface area contributed by atoms with Gasteiger partial charge in [-0.1, -0.05) is 37.0 Å². The van der Waals surface area contributed by atoms with E-state index >= 15 is 0 Å². The van der Waals surface area contributed by atoms with E-state index in [1.165, 1.54) is 12.0 Å². The number of aliphatic hydroxyl groups is 2. The Balaban J connectivity index is 0.000000382. The maximum absolute atomic E-state index is 9.77. The fourth-order valence-corrected chi connectivity index (χ4v) is 3.76. The molecule has 1 saturated heterocycles. The van der Waals surface area contributed by atoms with Gasteiger partial charge in [0.1, 0.15) is 0 Å². The van der Waals surface area contributed by atoms with Gasteiger partial charge < -0.3 is 25.7 Å². The molecule has 0 aliphatic carbocycles. The molecule has 0 unspecified atom stereocenters. The molecule has 3 atom stereocenters. The molecule has 1 fully saturated rings. The number of nitrogens with one attached hydrogen (secondary N) is 1. The average Bonchev–Trinajstić information content (AvgIpc) is 3.12. The first kappa shape index (κ1) is 26.6. The predicted molar refractivity (Wildman–Crippen MR) is 115 cm³/mol. The maximum atomic E-state index is 9.77. The van der Waals surface area contributed by atoms with Crippen LogP contribution in [-0.4, -0.2) is 75.7 Å². The molecule has 1 aliphatic rings. The number of carbonyl (C=O) groups is 2. The molecule has 8 nitrogen and oxygen atoms in total. The fraction of sp³-hybridized carbons (Fsp3) is 0.600. The lowest BCUT2D eigenvalue weighted by molar-refractivity contribution is -0.165. The lowest BCUT2D eigenvalue weighted by Gasteiger charge is -2.27. The third-order valence-electron chi connectivity index (χ3n) is 4.44. The van der Waals surface area contributed by atoms with Crippen LogP contribution in [0, 0.1) is 11.8 Å². The average molecular weight is 465 g/mol. The summed E-state index contributed by atoms with van der Waals surface area (Å²) < 4.78 is 0. The van der Waals surface area contributed by atoms with Gasteiger partial charge in [0, 0.05) is 29.7 Å². The van der Waals surface area contributed by atoms with Crippen molar-refractivity contribution in [3.63, 3.8) is 0 Å². The Hall–Kier alpha value is -1.42. The van der Waals surface area contributed by atoms with Crippen molar-refractivity contribution in [1.29, 1.82) is 0 Å². The van der Waals surface area contributed by atoms with Crippen molar-refractivity contribution in [2.24, 2.45) is 11.8 Å². The Morgan fingerprint density at radius 1 is 1.10 bits per heavy atom. The van der Waals surface area contributed by atoms with Gasteiger partial charge in [-0.2, -0.15) is 0 Å². The minimum absolute atomic E-state index is 0.666. The molecule has 0 radical (unpaired) electrons. The normalized spacial score (nSPS) is 18.1. The van der Waals surface area contributed by atoms with Crippen molar-refractivity contribution < 1.29 is 30.0 Å². The van der Waals surface area contributed by atoms with E-state index in [2.05, 4.69) is 24.1 Å². The lowest BCUT2D eigenvalue weighted by atomic mass is 10.1. The van der Waals surface area contributed by atoms with Crippen molar-refractivity contribution in [2.75, 3.05) is 26.2 Å². The summed E-state index contributed by atoms with van der Waals surface area (Å²) in [6.07, 6.45) is -3.25. The molecular formula is C20H30Cl2N2O6. The monoisotopic (exact) mass is 464 g/mol. The van der Waals surface area contributed by atoms with E-state index in [0.717, 1.165) is 48.7 Å². The van der Waals surface area contributed by atoms with Crippen molar-refractivity contribution in [3.05, 3.63) is 33.8 Å². The highest BCUT2D eigenvalue weighted by Crippen LogP contribution is 2.21. The number of hydrogen-bond acceptors (Lipinski definition) is 6. The van der Waals surface area contributed by atoms with Gasteiger partial charge in [-0.25, -0.2) is 9.59 Å². The Morgan fingerprint density at radius 3 is 2.03 bits per heavy atom. The van der Waals surface area contributed by atoms with Gasteiger partial charge in [-0.15, -0.1) is 0 Å². The number of benzene rings is 1. The zero-order chi connectivity index (χ0) is 22.8. The molecule has 2 rings (SSSR count). The summed E-state index contributed by atoms with van der Waals surface area (Å²) in [6.45, 7) is 10.0. The highest BCUT2D eigenvalue weighted by atomic mass is 35.5. The fourth-order valence-electron chi connectivity index (χ4n) is 3.19. The maximum Gasteiger partial charge on any atom is 0.335 e. The summed E-state index contributed by atoms with van der Waals surface area (Å²) in [5, 5.41) is 37.4. The molecule has 1 aromatic carbocycles. The standard InChI is InChI=1S/C16H24Cl2N2.C4H6O6/c1-12(2)9-20(10-13-3-4-19-8-13)11-14-5-15(17)7-16(18)6-14;5-1(3(7)8)2(6)4(9)10/h5-7,12-13,19H,3-4,8-11H2,1-2H3;1-2,5-6H,(H,7,8)(H,9,10)/t13-;1-,2-/m01/s1. The van der Waals surface area contributed by atoms with Gasteiger partial charge in [-0.3, -0.25) is 4.90 Å². The number of aliphatic carboxylic acids is 2.